The Morgan fingerprint density at radius 2 is 1.82 bits per heavy atom. The number of benzene rings is 1. The van der Waals surface area contributed by atoms with E-state index >= 15 is 0 Å². The van der Waals surface area contributed by atoms with Crippen molar-refractivity contribution in [2.24, 2.45) is 0 Å². The quantitative estimate of drug-likeness (QED) is 0.654. The predicted molar refractivity (Wildman–Crippen MR) is 118 cm³/mol. The van der Waals surface area contributed by atoms with Gasteiger partial charge in [0.05, 0.1) is 26.9 Å². The molecule has 0 spiro atoms. The zero-order valence-corrected chi connectivity index (χ0v) is 19.2. The molecule has 1 fully saturated rings. The fraction of sp³-hybridized carbons (Fsp3) is 0.478. The smallest absolute Gasteiger partial charge is 0.378 e. The first-order valence-corrected chi connectivity index (χ1v) is 10.9. The number of esters is 2. The summed E-state index contributed by atoms with van der Waals surface area (Å²) in [4.78, 5) is 29.9. The molecule has 0 unspecified atom stereocenters. The molecule has 0 amide bonds. The third kappa shape index (κ3) is 4.37. The number of carbonyl (C=O) groups excluding carboxylic acids is 2. The topological polar surface area (TPSA) is 114 Å². The second-order valence-electron chi connectivity index (χ2n) is 8.03. The lowest BCUT2D eigenvalue weighted by atomic mass is 9.94. The predicted octanol–water partition coefficient (Wildman–Crippen LogP) is 3.25. The second kappa shape index (κ2) is 9.51. The lowest BCUT2D eigenvalue weighted by Gasteiger charge is -2.30. The van der Waals surface area contributed by atoms with Crippen molar-refractivity contribution >= 4 is 17.9 Å². The van der Waals surface area contributed by atoms with E-state index < -0.39 is 18.0 Å². The molecule has 0 radical (unpaired) electrons. The van der Waals surface area contributed by atoms with E-state index in [0.717, 1.165) is 32.1 Å². The number of nitrogens with one attached hydrogen (secondary N) is 1. The normalized spacial score (nSPS) is 18.2. The van der Waals surface area contributed by atoms with Gasteiger partial charge < -0.3 is 24.3 Å². The van der Waals surface area contributed by atoms with Gasteiger partial charge >= 0.3 is 11.9 Å². The van der Waals surface area contributed by atoms with Crippen LogP contribution in [0.4, 0.5) is 5.95 Å². The first-order chi connectivity index (χ1) is 16.0. The highest BCUT2D eigenvalue weighted by Crippen LogP contribution is 2.41. The molecule has 10 heteroatoms. The molecule has 2 aromatic rings. The number of carbonyl (C=O) groups is 2. The van der Waals surface area contributed by atoms with E-state index in [0.29, 0.717) is 34.3 Å². The summed E-state index contributed by atoms with van der Waals surface area (Å²) in [6.45, 7) is 1.77. The minimum Gasteiger partial charge on any atom is -0.497 e. The van der Waals surface area contributed by atoms with Crippen LogP contribution in [0.2, 0.25) is 0 Å². The largest absolute Gasteiger partial charge is 0.497 e. The Kier molecular flexibility index (Phi) is 6.52. The van der Waals surface area contributed by atoms with Crippen LogP contribution in [0.25, 0.3) is 0 Å². The molecule has 4 rings (SSSR count). The molecule has 1 saturated carbocycles. The first kappa shape index (κ1) is 22.6. The van der Waals surface area contributed by atoms with Crippen LogP contribution in [0.3, 0.4) is 0 Å². The molecule has 33 heavy (non-hydrogen) atoms. The summed E-state index contributed by atoms with van der Waals surface area (Å²) < 4.78 is 23.2. The van der Waals surface area contributed by atoms with Gasteiger partial charge in [-0.2, -0.15) is 4.98 Å². The number of hydrogen-bond donors (Lipinski definition) is 1. The molecule has 0 bridgehead atoms. The molecule has 1 aromatic carbocycles. The molecular formula is C23H28N4O6. The second-order valence-corrected chi connectivity index (χ2v) is 8.03. The number of fused-ring (bicyclic) bond motifs is 1. The van der Waals surface area contributed by atoms with Crippen LogP contribution in [-0.2, 0) is 14.3 Å². The van der Waals surface area contributed by atoms with Gasteiger partial charge in [0.15, 0.2) is 0 Å². The highest BCUT2D eigenvalue weighted by atomic mass is 16.5. The van der Waals surface area contributed by atoms with Crippen molar-refractivity contribution in [3.05, 3.63) is 40.9 Å². The van der Waals surface area contributed by atoms with Crippen LogP contribution in [0, 0.1) is 0 Å². The highest BCUT2D eigenvalue weighted by molar-refractivity contribution is 5.93. The molecule has 1 N–H and O–H groups in total. The Labute approximate surface area is 191 Å². The monoisotopic (exact) mass is 456 g/mol. The van der Waals surface area contributed by atoms with Gasteiger partial charge in [0.2, 0.25) is 5.95 Å². The Morgan fingerprint density at radius 1 is 1.06 bits per heavy atom. The van der Waals surface area contributed by atoms with Gasteiger partial charge in [-0.3, -0.25) is 0 Å². The fourth-order valence-electron chi connectivity index (χ4n) is 4.33. The van der Waals surface area contributed by atoms with Crippen molar-refractivity contribution in [3.63, 3.8) is 0 Å². The zero-order valence-electron chi connectivity index (χ0n) is 19.2. The summed E-state index contributed by atoms with van der Waals surface area (Å²) in [7, 11) is 4.36. The minimum atomic E-state index is -0.756. The van der Waals surface area contributed by atoms with Crippen LogP contribution in [-0.4, -0.2) is 54.1 Å². The maximum absolute atomic E-state index is 13.5. The maximum atomic E-state index is 13.5. The molecule has 10 nitrogen and oxygen atoms in total. The van der Waals surface area contributed by atoms with Gasteiger partial charge in [0.1, 0.15) is 23.6 Å². The molecule has 0 saturated heterocycles. The van der Waals surface area contributed by atoms with Crippen LogP contribution in [0.5, 0.6) is 11.5 Å². The van der Waals surface area contributed by atoms with Gasteiger partial charge in [-0.05, 0) is 50.8 Å². The average molecular weight is 456 g/mol. The standard InChI is InChI=1S/C23H28N4O6/c1-13-18(21(28)33-14-8-6-5-7-9-14)19(16-12-15(30-2)10-11-17(16)31-3)27-23(24-13)25-20(26-27)22(29)32-4/h10-12,14,19H,5-9H2,1-4H3,(H,24,25,26)/t19-/m0/s1. The number of ether oxygens (including phenoxy) is 4. The summed E-state index contributed by atoms with van der Waals surface area (Å²) in [5.41, 5.74) is 1.54. The SMILES string of the molecule is COC(=O)c1nc2n(n1)[C@@H](c1cc(OC)ccc1OC)C(C(=O)OC1CCCCC1)=C(C)N2. The summed E-state index contributed by atoms with van der Waals surface area (Å²) >= 11 is 0. The van der Waals surface area contributed by atoms with Gasteiger partial charge in [-0.25, -0.2) is 14.3 Å². The third-order valence-corrected chi connectivity index (χ3v) is 6.00. The van der Waals surface area contributed by atoms with Crippen molar-refractivity contribution in [3.8, 4) is 11.5 Å². The maximum Gasteiger partial charge on any atom is 0.378 e. The molecule has 1 aromatic heterocycles. The number of nitrogens with zero attached hydrogens (tertiary/aromatic N) is 3. The van der Waals surface area contributed by atoms with E-state index in [1.54, 1.807) is 39.3 Å². The number of hydrogen-bond acceptors (Lipinski definition) is 9. The van der Waals surface area contributed by atoms with Crippen molar-refractivity contribution in [1.82, 2.24) is 14.8 Å². The molecule has 2 heterocycles. The van der Waals surface area contributed by atoms with Crippen LogP contribution >= 0.6 is 0 Å². The number of allylic oxidation sites excluding steroid dienone is 1. The van der Waals surface area contributed by atoms with Crippen molar-refractivity contribution in [2.45, 2.75) is 51.2 Å². The van der Waals surface area contributed by atoms with E-state index in [4.69, 9.17) is 18.9 Å². The summed E-state index contributed by atoms with van der Waals surface area (Å²) in [6, 6.07) is 4.54. The number of anilines is 1. The summed E-state index contributed by atoms with van der Waals surface area (Å²) in [5.74, 6) is 0.163. The van der Waals surface area contributed by atoms with Gasteiger partial charge in [-0.1, -0.05) is 6.42 Å². The highest BCUT2D eigenvalue weighted by Gasteiger charge is 2.38. The first-order valence-electron chi connectivity index (χ1n) is 10.9. The third-order valence-electron chi connectivity index (χ3n) is 6.00. The van der Waals surface area contributed by atoms with Crippen molar-refractivity contribution in [2.75, 3.05) is 26.6 Å². The van der Waals surface area contributed by atoms with Crippen LogP contribution in [0.15, 0.2) is 29.5 Å². The lowest BCUT2D eigenvalue weighted by molar-refractivity contribution is -0.146. The Bertz CT molecular complexity index is 1090. The average Bonchev–Trinajstić information content (AvgIpc) is 3.26. The zero-order chi connectivity index (χ0) is 23.5. The van der Waals surface area contributed by atoms with Crippen LogP contribution < -0.4 is 14.8 Å². The Morgan fingerprint density at radius 3 is 2.48 bits per heavy atom. The van der Waals surface area contributed by atoms with Gasteiger partial charge in [-0.15, -0.1) is 5.10 Å². The van der Waals surface area contributed by atoms with Gasteiger partial charge in [0, 0.05) is 11.3 Å². The molecule has 176 valence electrons. The van der Waals surface area contributed by atoms with Crippen molar-refractivity contribution in [1.29, 1.82) is 0 Å². The number of aromatic nitrogens is 3. The molecule has 1 aliphatic heterocycles. The van der Waals surface area contributed by atoms with Gasteiger partial charge in [0.25, 0.3) is 5.82 Å². The number of methoxy groups -OCH3 is 3. The van der Waals surface area contributed by atoms with E-state index in [2.05, 4.69) is 15.4 Å². The van der Waals surface area contributed by atoms with E-state index in [1.165, 1.54) is 11.8 Å². The summed E-state index contributed by atoms with van der Waals surface area (Å²) in [6.07, 6.45) is 4.80. The Balaban J connectivity index is 1.83. The molecule has 1 atom stereocenters. The fourth-order valence-corrected chi connectivity index (χ4v) is 4.33. The molecular weight excluding hydrogens is 428 g/mol. The number of rotatable bonds is 6. The summed E-state index contributed by atoms with van der Waals surface area (Å²) in [5, 5.41) is 7.44. The lowest BCUT2D eigenvalue weighted by Crippen LogP contribution is -2.32. The van der Waals surface area contributed by atoms with Crippen molar-refractivity contribution < 1.29 is 28.5 Å². The van der Waals surface area contributed by atoms with E-state index in [9.17, 15) is 9.59 Å². The molecule has 2 aliphatic rings. The van der Waals surface area contributed by atoms with Crippen LogP contribution in [0.1, 0.15) is 61.3 Å². The molecule has 1 aliphatic carbocycles. The van der Waals surface area contributed by atoms with E-state index in [-0.39, 0.29) is 11.9 Å². The Hall–Kier alpha value is -3.56. The van der Waals surface area contributed by atoms with E-state index in [1.807, 2.05) is 0 Å². The minimum absolute atomic E-state index is 0.123.